The number of thiophene rings is 1. The highest BCUT2D eigenvalue weighted by Crippen LogP contribution is 2.29. The van der Waals surface area contributed by atoms with E-state index in [4.69, 9.17) is 9.63 Å². The van der Waals surface area contributed by atoms with Crippen LogP contribution in [0.1, 0.15) is 15.9 Å². The Morgan fingerprint density at radius 1 is 1.57 bits per heavy atom. The number of carboxylic acid groups (broad SMARTS) is 1. The molecule has 0 aliphatic heterocycles. The van der Waals surface area contributed by atoms with Crippen molar-refractivity contribution in [2.24, 2.45) is 0 Å². The second-order valence-corrected chi connectivity index (χ2v) is 3.59. The Morgan fingerprint density at radius 2 is 2.36 bits per heavy atom. The Bertz CT molecular complexity index is 472. The monoisotopic (exact) mass is 209 g/mol. The lowest BCUT2D eigenvalue weighted by Crippen LogP contribution is -1.95. The number of nitrogens with zero attached hydrogens (tertiary/aromatic N) is 1. The van der Waals surface area contributed by atoms with Crippen LogP contribution in [0.15, 0.2) is 21.5 Å². The molecule has 0 saturated heterocycles. The van der Waals surface area contributed by atoms with E-state index in [0.717, 1.165) is 11.1 Å². The first kappa shape index (κ1) is 8.96. The van der Waals surface area contributed by atoms with Crippen molar-refractivity contribution >= 4 is 17.3 Å². The first-order chi connectivity index (χ1) is 6.70. The maximum atomic E-state index is 10.8. The van der Waals surface area contributed by atoms with E-state index in [9.17, 15) is 4.79 Å². The minimum absolute atomic E-state index is 0.103. The summed E-state index contributed by atoms with van der Waals surface area (Å²) >= 11 is 1.50. The highest BCUT2D eigenvalue weighted by atomic mass is 32.1. The van der Waals surface area contributed by atoms with Gasteiger partial charge in [-0.05, 0) is 17.9 Å². The highest BCUT2D eigenvalue weighted by Gasteiger charge is 2.18. The standard InChI is InChI=1S/C9H7NO3S/c1-5-3-14-4-7(5)8-6(9(11)12)2-10-13-8/h2-4H,1H3,(H,11,12). The number of aryl methyl sites for hydroxylation is 1. The zero-order valence-corrected chi connectivity index (χ0v) is 8.17. The molecule has 0 aliphatic rings. The molecule has 0 atom stereocenters. The van der Waals surface area contributed by atoms with E-state index >= 15 is 0 Å². The van der Waals surface area contributed by atoms with Crippen molar-refractivity contribution < 1.29 is 14.4 Å². The Kier molecular flexibility index (Phi) is 2.09. The number of aromatic nitrogens is 1. The molecule has 72 valence electrons. The zero-order valence-electron chi connectivity index (χ0n) is 7.35. The van der Waals surface area contributed by atoms with Crippen LogP contribution >= 0.6 is 11.3 Å². The van der Waals surface area contributed by atoms with Gasteiger partial charge in [0.15, 0.2) is 5.76 Å². The van der Waals surface area contributed by atoms with Gasteiger partial charge in [-0.1, -0.05) is 5.16 Å². The van der Waals surface area contributed by atoms with Gasteiger partial charge in [-0.2, -0.15) is 11.3 Å². The average molecular weight is 209 g/mol. The number of carboxylic acids is 1. The molecule has 1 N–H and O–H groups in total. The molecule has 5 heteroatoms. The molecule has 14 heavy (non-hydrogen) atoms. The Labute approximate surface area is 83.8 Å². The van der Waals surface area contributed by atoms with Crippen LogP contribution < -0.4 is 0 Å². The molecule has 2 rings (SSSR count). The molecule has 0 bridgehead atoms. The molecule has 0 radical (unpaired) electrons. The van der Waals surface area contributed by atoms with Crippen LogP contribution in [0.2, 0.25) is 0 Å². The lowest BCUT2D eigenvalue weighted by molar-refractivity contribution is 0.0697. The Morgan fingerprint density at radius 3 is 2.93 bits per heavy atom. The molecule has 2 heterocycles. The minimum atomic E-state index is -1.02. The van der Waals surface area contributed by atoms with Crippen LogP contribution in [0.4, 0.5) is 0 Å². The quantitative estimate of drug-likeness (QED) is 0.824. The highest BCUT2D eigenvalue weighted by molar-refractivity contribution is 7.08. The molecule has 0 saturated carbocycles. The summed E-state index contributed by atoms with van der Waals surface area (Å²) in [6.45, 7) is 1.90. The largest absolute Gasteiger partial charge is 0.477 e. The summed E-state index contributed by atoms with van der Waals surface area (Å²) in [6, 6.07) is 0. The number of carbonyl (C=O) groups is 1. The summed E-state index contributed by atoms with van der Waals surface area (Å²) in [5.74, 6) is -0.692. The summed E-state index contributed by atoms with van der Waals surface area (Å²) < 4.78 is 4.93. The fraction of sp³-hybridized carbons (Fsp3) is 0.111. The smallest absolute Gasteiger partial charge is 0.341 e. The predicted octanol–water partition coefficient (Wildman–Crippen LogP) is 2.41. The van der Waals surface area contributed by atoms with Crippen molar-refractivity contribution in [1.82, 2.24) is 5.16 Å². The molecule has 0 amide bonds. The number of aromatic carboxylic acids is 1. The van der Waals surface area contributed by atoms with Gasteiger partial charge in [0.2, 0.25) is 0 Å². The van der Waals surface area contributed by atoms with E-state index in [1.54, 1.807) is 0 Å². The molecular weight excluding hydrogens is 202 g/mol. The van der Waals surface area contributed by atoms with E-state index in [1.807, 2.05) is 17.7 Å². The van der Waals surface area contributed by atoms with Crippen LogP contribution in [0.3, 0.4) is 0 Å². The van der Waals surface area contributed by atoms with Crippen molar-refractivity contribution in [3.63, 3.8) is 0 Å². The zero-order chi connectivity index (χ0) is 10.1. The normalized spacial score (nSPS) is 10.4. The van der Waals surface area contributed by atoms with E-state index in [0.29, 0.717) is 5.76 Å². The van der Waals surface area contributed by atoms with Crippen molar-refractivity contribution in [1.29, 1.82) is 0 Å². The van der Waals surface area contributed by atoms with Crippen molar-refractivity contribution in [3.8, 4) is 11.3 Å². The van der Waals surface area contributed by atoms with E-state index in [1.165, 1.54) is 17.5 Å². The second-order valence-electron chi connectivity index (χ2n) is 2.84. The first-order valence-corrected chi connectivity index (χ1v) is 4.85. The van der Waals surface area contributed by atoms with Gasteiger partial charge in [-0.25, -0.2) is 4.79 Å². The van der Waals surface area contributed by atoms with Gasteiger partial charge in [0, 0.05) is 10.9 Å². The molecule has 0 aliphatic carbocycles. The van der Waals surface area contributed by atoms with Gasteiger partial charge < -0.3 is 9.63 Å². The van der Waals surface area contributed by atoms with E-state index < -0.39 is 5.97 Å². The third-order valence-electron chi connectivity index (χ3n) is 1.90. The lowest BCUT2D eigenvalue weighted by atomic mass is 10.1. The van der Waals surface area contributed by atoms with Crippen molar-refractivity contribution in [2.75, 3.05) is 0 Å². The SMILES string of the molecule is Cc1cscc1-c1oncc1C(=O)O. The third kappa shape index (κ3) is 1.31. The van der Waals surface area contributed by atoms with Crippen LogP contribution in [-0.2, 0) is 0 Å². The van der Waals surface area contributed by atoms with Crippen molar-refractivity contribution in [2.45, 2.75) is 6.92 Å². The first-order valence-electron chi connectivity index (χ1n) is 3.91. The van der Waals surface area contributed by atoms with Gasteiger partial charge >= 0.3 is 5.97 Å². The fourth-order valence-corrected chi connectivity index (χ4v) is 2.01. The second kappa shape index (κ2) is 3.26. The topological polar surface area (TPSA) is 63.3 Å². The van der Waals surface area contributed by atoms with Gasteiger partial charge in [-0.3, -0.25) is 0 Å². The third-order valence-corrected chi connectivity index (χ3v) is 2.76. The number of rotatable bonds is 2. The summed E-state index contributed by atoms with van der Waals surface area (Å²) in [4.78, 5) is 10.8. The summed E-state index contributed by atoms with van der Waals surface area (Å²) in [7, 11) is 0. The molecule has 2 aromatic heterocycles. The number of hydrogen-bond acceptors (Lipinski definition) is 4. The van der Waals surface area contributed by atoms with Gasteiger partial charge in [0.1, 0.15) is 5.56 Å². The molecule has 0 spiro atoms. The molecule has 0 aromatic carbocycles. The van der Waals surface area contributed by atoms with Crippen LogP contribution in [0.5, 0.6) is 0 Å². The average Bonchev–Trinajstić information content (AvgIpc) is 2.70. The van der Waals surface area contributed by atoms with Crippen LogP contribution in [0.25, 0.3) is 11.3 Å². The van der Waals surface area contributed by atoms with Crippen molar-refractivity contribution in [3.05, 3.63) is 28.1 Å². The minimum Gasteiger partial charge on any atom is -0.477 e. The Balaban J connectivity index is 2.57. The fourth-order valence-electron chi connectivity index (χ4n) is 1.18. The molecule has 0 unspecified atom stereocenters. The summed E-state index contributed by atoms with van der Waals surface area (Å²) in [5.41, 5.74) is 1.89. The maximum Gasteiger partial charge on any atom is 0.341 e. The number of hydrogen-bond donors (Lipinski definition) is 1. The lowest BCUT2D eigenvalue weighted by Gasteiger charge is -1.94. The van der Waals surface area contributed by atoms with Crippen LogP contribution in [0, 0.1) is 6.92 Å². The van der Waals surface area contributed by atoms with E-state index in [-0.39, 0.29) is 5.56 Å². The molecule has 2 aromatic rings. The summed E-state index contributed by atoms with van der Waals surface area (Å²) in [5, 5.41) is 16.1. The molecular formula is C9H7NO3S. The van der Waals surface area contributed by atoms with Gasteiger partial charge in [-0.15, -0.1) is 0 Å². The maximum absolute atomic E-state index is 10.8. The molecule has 0 fully saturated rings. The Hall–Kier alpha value is -1.62. The predicted molar refractivity (Wildman–Crippen MR) is 51.5 cm³/mol. The summed E-state index contributed by atoms with van der Waals surface area (Å²) in [6.07, 6.45) is 1.22. The van der Waals surface area contributed by atoms with Crippen LogP contribution in [-0.4, -0.2) is 16.2 Å². The molecule has 4 nitrogen and oxygen atoms in total. The van der Waals surface area contributed by atoms with E-state index in [2.05, 4.69) is 5.16 Å². The van der Waals surface area contributed by atoms with Gasteiger partial charge in [0.25, 0.3) is 0 Å². The van der Waals surface area contributed by atoms with Gasteiger partial charge in [0.05, 0.1) is 6.20 Å².